The van der Waals surface area contributed by atoms with E-state index in [1.807, 2.05) is 32.6 Å². The predicted octanol–water partition coefficient (Wildman–Crippen LogP) is 1.01. The monoisotopic (exact) mass is 258 g/mol. The highest BCUT2D eigenvalue weighted by Gasteiger charge is 2.30. The second-order valence-corrected chi connectivity index (χ2v) is 5.64. The third-order valence-corrected chi connectivity index (χ3v) is 2.76. The van der Waals surface area contributed by atoms with E-state index in [-0.39, 0.29) is 18.7 Å². The van der Waals surface area contributed by atoms with Gasteiger partial charge in [-0.3, -0.25) is 9.69 Å². The van der Waals surface area contributed by atoms with Crippen LogP contribution in [0.5, 0.6) is 0 Å². The van der Waals surface area contributed by atoms with Gasteiger partial charge in [0.05, 0.1) is 6.54 Å². The van der Waals surface area contributed by atoms with E-state index in [1.165, 1.54) is 0 Å². The topological polar surface area (TPSA) is 70.1 Å². The van der Waals surface area contributed by atoms with Crippen LogP contribution in [0.4, 0.5) is 4.79 Å². The number of ether oxygens (including phenoxy) is 1. The van der Waals surface area contributed by atoms with Crippen LogP contribution in [0, 0.1) is 0 Å². The molecule has 0 aromatic rings. The van der Waals surface area contributed by atoms with Crippen molar-refractivity contribution in [3.05, 3.63) is 0 Å². The van der Waals surface area contributed by atoms with Crippen molar-refractivity contribution < 1.29 is 19.4 Å². The summed E-state index contributed by atoms with van der Waals surface area (Å²) in [6.45, 7) is 8.99. The third kappa shape index (κ3) is 4.52. The molecular weight excluding hydrogens is 236 g/mol. The van der Waals surface area contributed by atoms with E-state index >= 15 is 0 Å². The standard InChI is InChI=1S/C12H22N2O4/c1-9-7-14(11(17)18-12(2,3)4)6-5-13(9)8-10(15)16/h9H,5-8H2,1-4H3,(H,15,16)/t9-/m1/s1. The van der Waals surface area contributed by atoms with Crippen molar-refractivity contribution in [2.75, 3.05) is 26.2 Å². The van der Waals surface area contributed by atoms with Crippen molar-refractivity contribution in [2.45, 2.75) is 39.3 Å². The zero-order valence-electron chi connectivity index (χ0n) is 11.5. The maximum Gasteiger partial charge on any atom is 0.410 e. The van der Waals surface area contributed by atoms with Crippen LogP contribution in [-0.2, 0) is 9.53 Å². The SMILES string of the molecule is C[C@@H]1CN(C(=O)OC(C)(C)C)CCN1CC(=O)O. The number of rotatable bonds is 2. The van der Waals surface area contributed by atoms with E-state index < -0.39 is 11.6 Å². The molecule has 6 nitrogen and oxygen atoms in total. The molecule has 18 heavy (non-hydrogen) atoms. The highest BCUT2D eigenvalue weighted by atomic mass is 16.6. The number of aliphatic carboxylic acids is 1. The Morgan fingerprint density at radius 3 is 2.39 bits per heavy atom. The lowest BCUT2D eigenvalue weighted by Gasteiger charge is -2.39. The fraction of sp³-hybridized carbons (Fsp3) is 0.833. The normalized spacial score (nSPS) is 21.8. The fourth-order valence-corrected chi connectivity index (χ4v) is 1.90. The van der Waals surface area contributed by atoms with Crippen molar-refractivity contribution in [1.29, 1.82) is 0 Å². The first kappa shape index (κ1) is 14.8. The molecule has 1 heterocycles. The van der Waals surface area contributed by atoms with Gasteiger partial charge in [-0.15, -0.1) is 0 Å². The average Bonchev–Trinajstić information content (AvgIpc) is 2.17. The van der Waals surface area contributed by atoms with Gasteiger partial charge < -0.3 is 14.7 Å². The summed E-state index contributed by atoms with van der Waals surface area (Å²) in [5.41, 5.74) is -0.501. The largest absolute Gasteiger partial charge is 0.480 e. The number of piperazine rings is 1. The molecule has 0 bridgehead atoms. The number of hydrogen-bond acceptors (Lipinski definition) is 4. The molecule has 104 valence electrons. The van der Waals surface area contributed by atoms with Gasteiger partial charge in [0.1, 0.15) is 5.60 Å². The van der Waals surface area contributed by atoms with E-state index in [2.05, 4.69) is 0 Å². The second-order valence-electron chi connectivity index (χ2n) is 5.64. The van der Waals surface area contributed by atoms with Gasteiger partial charge in [0.15, 0.2) is 0 Å². The Hall–Kier alpha value is -1.30. The molecule has 6 heteroatoms. The van der Waals surface area contributed by atoms with Crippen LogP contribution in [0.1, 0.15) is 27.7 Å². The Morgan fingerprint density at radius 2 is 1.94 bits per heavy atom. The van der Waals surface area contributed by atoms with Gasteiger partial charge in [0.25, 0.3) is 0 Å². The van der Waals surface area contributed by atoms with Crippen LogP contribution in [-0.4, -0.2) is 64.8 Å². The molecule has 1 aliphatic rings. The molecule has 1 aliphatic heterocycles. The number of amides is 1. The van der Waals surface area contributed by atoms with Gasteiger partial charge in [-0.2, -0.15) is 0 Å². The minimum Gasteiger partial charge on any atom is -0.480 e. The van der Waals surface area contributed by atoms with Crippen molar-refractivity contribution in [2.24, 2.45) is 0 Å². The van der Waals surface area contributed by atoms with E-state index in [0.29, 0.717) is 19.6 Å². The van der Waals surface area contributed by atoms with Crippen molar-refractivity contribution in [3.63, 3.8) is 0 Å². The van der Waals surface area contributed by atoms with Crippen LogP contribution in [0.3, 0.4) is 0 Å². The Kier molecular flexibility index (Phi) is 4.56. The molecule has 0 aliphatic carbocycles. The van der Waals surface area contributed by atoms with Crippen LogP contribution >= 0.6 is 0 Å². The molecule has 0 radical (unpaired) electrons. The van der Waals surface area contributed by atoms with E-state index in [1.54, 1.807) is 4.90 Å². The summed E-state index contributed by atoms with van der Waals surface area (Å²) in [4.78, 5) is 26.0. The lowest BCUT2D eigenvalue weighted by atomic mass is 10.2. The van der Waals surface area contributed by atoms with Gasteiger partial charge in [-0.05, 0) is 27.7 Å². The van der Waals surface area contributed by atoms with Crippen LogP contribution in [0.25, 0.3) is 0 Å². The maximum absolute atomic E-state index is 11.9. The Labute approximate surface area is 107 Å². The van der Waals surface area contributed by atoms with Gasteiger partial charge in [-0.1, -0.05) is 0 Å². The molecule has 1 atom stereocenters. The number of carbonyl (C=O) groups excluding carboxylic acids is 1. The number of carboxylic acids is 1. The summed E-state index contributed by atoms with van der Waals surface area (Å²) >= 11 is 0. The van der Waals surface area contributed by atoms with Crippen molar-refractivity contribution >= 4 is 12.1 Å². The predicted molar refractivity (Wildman–Crippen MR) is 66.5 cm³/mol. The van der Waals surface area contributed by atoms with E-state index in [0.717, 1.165) is 0 Å². The molecule has 1 rings (SSSR count). The third-order valence-electron chi connectivity index (χ3n) is 2.76. The Balaban J connectivity index is 2.50. The lowest BCUT2D eigenvalue weighted by molar-refractivity contribution is -0.139. The molecule has 0 saturated carbocycles. The van der Waals surface area contributed by atoms with Gasteiger partial charge in [0.2, 0.25) is 0 Å². The summed E-state index contributed by atoms with van der Waals surface area (Å²) in [7, 11) is 0. The summed E-state index contributed by atoms with van der Waals surface area (Å²) in [6.07, 6.45) is -0.329. The van der Waals surface area contributed by atoms with Crippen molar-refractivity contribution in [3.8, 4) is 0 Å². The fourth-order valence-electron chi connectivity index (χ4n) is 1.90. The maximum atomic E-state index is 11.9. The van der Waals surface area contributed by atoms with E-state index in [9.17, 15) is 9.59 Å². The summed E-state index contributed by atoms with van der Waals surface area (Å²) in [6, 6.07) is 0.0300. The molecule has 1 fully saturated rings. The highest BCUT2D eigenvalue weighted by Crippen LogP contribution is 2.14. The van der Waals surface area contributed by atoms with Crippen molar-refractivity contribution in [1.82, 2.24) is 9.80 Å². The minimum atomic E-state index is -0.840. The van der Waals surface area contributed by atoms with Crippen LogP contribution in [0.15, 0.2) is 0 Å². The summed E-state index contributed by atoms with van der Waals surface area (Å²) in [5, 5.41) is 8.76. The molecule has 1 saturated heterocycles. The number of carbonyl (C=O) groups is 2. The molecule has 0 spiro atoms. The smallest absolute Gasteiger partial charge is 0.410 e. The number of hydrogen-bond donors (Lipinski definition) is 1. The molecule has 0 aromatic heterocycles. The molecule has 1 N–H and O–H groups in total. The lowest BCUT2D eigenvalue weighted by Crippen LogP contribution is -2.55. The molecule has 0 aromatic carbocycles. The first-order valence-electron chi connectivity index (χ1n) is 6.13. The number of nitrogens with zero attached hydrogens (tertiary/aromatic N) is 2. The van der Waals surface area contributed by atoms with Gasteiger partial charge in [0, 0.05) is 25.7 Å². The molecule has 0 unspecified atom stereocenters. The quantitative estimate of drug-likeness (QED) is 0.800. The molecular formula is C12H22N2O4. The van der Waals surface area contributed by atoms with Crippen LogP contribution < -0.4 is 0 Å². The zero-order chi connectivity index (χ0) is 13.9. The first-order valence-corrected chi connectivity index (χ1v) is 6.13. The van der Waals surface area contributed by atoms with Gasteiger partial charge >= 0.3 is 12.1 Å². The molecule has 1 amide bonds. The Morgan fingerprint density at radius 1 is 1.33 bits per heavy atom. The summed E-state index contributed by atoms with van der Waals surface area (Å²) < 4.78 is 5.29. The highest BCUT2D eigenvalue weighted by molar-refractivity contribution is 5.70. The minimum absolute atomic E-state index is 0.0172. The Bertz CT molecular complexity index is 325. The second kappa shape index (κ2) is 5.56. The van der Waals surface area contributed by atoms with E-state index in [4.69, 9.17) is 9.84 Å². The zero-order valence-corrected chi connectivity index (χ0v) is 11.5. The van der Waals surface area contributed by atoms with Gasteiger partial charge in [-0.25, -0.2) is 4.79 Å². The first-order chi connectivity index (χ1) is 8.19. The van der Waals surface area contributed by atoms with Crippen LogP contribution in [0.2, 0.25) is 0 Å². The average molecular weight is 258 g/mol. The number of carboxylic acid groups (broad SMARTS) is 1. The summed E-state index contributed by atoms with van der Waals surface area (Å²) in [5.74, 6) is -0.840.